The van der Waals surface area contributed by atoms with Crippen LogP contribution in [0.25, 0.3) is 0 Å². The van der Waals surface area contributed by atoms with Gasteiger partial charge in [0.25, 0.3) is 0 Å². The maximum Gasteiger partial charge on any atom is 0.326 e. The van der Waals surface area contributed by atoms with Gasteiger partial charge in [-0.2, -0.15) is 0 Å². The number of methoxy groups -OCH3 is 1. The molecule has 0 aromatic carbocycles. The van der Waals surface area contributed by atoms with Gasteiger partial charge >= 0.3 is 5.97 Å². The van der Waals surface area contributed by atoms with Crippen LogP contribution < -0.4 is 5.32 Å². The van der Waals surface area contributed by atoms with E-state index >= 15 is 0 Å². The van der Waals surface area contributed by atoms with E-state index in [0.29, 0.717) is 25.4 Å². The average molecular weight is 243 g/mol. The van der Waals surface area contributed by atoms with E-state index < -0.39 is 5.54 Å². The van der Waals surface area contributed by atoms with Crippen molar-refractivity contribution >= 4 is 5.97 Å². The molecule has 0 aromatic rings. The van der Waals surface area contributed by atoms with Gasteiger partial charge in [-0.3, -0.25) is 4.79 Å². The second-order valence-electron chi connectivity index (χ2n) is 5.20. The summed E-state index contributed by atoms with van der Waals surface area (Å²) in [6, 6.07) is 0. The van der Waals surface area contributed by atoms with Crippen molar-refractivity contribution < 1.29 is 14.3 Å². The van der Waals surface area contributed by atoms with Gasteiger partial charge in [0.05, 0.1) is 13.2 Å². The van der Waals surface area contributed by atoms with Gasteiger partial charge in [0.2, 0.25) is 0 Å². The summed E-state index contributed by atoms with van der Waals surface area (Å²) < 4.78 is 10.6. The highest BCUT2D eigenvalue weighted by Gasteiger charge is 2.43. The van der Waals surface area contributed by atoms with Crippen LogP contribution in [0.4, 0.5) is 0 Å². The van der Waals surface area contributed by atoms with Crippen molar-refractivity contribution in [2.45, 2.75) is 51.7 Å². The number of esters is 1. The highest BCUT2D eigenvalue weighted by atomic mass is 16.5. The molecule has 1 heterocycles. The average Bonchev–Trinajstić information content (AvgIpc) is 2.35. The van der Waals surface area contributed by atoms with E-state index in [4.69, 9.17) is 9.47 Å². The van der Waals surface area contributed by atoms with Crippen LogP contribution in [-0.4, -0.2) is 37.9 Å². The van der Waals surface area contributed by atoms with Gasteiger partial charge < -0.3 is 14.8 Å². The summed E-state index contributed by atoms with van der Waals surface area (Å²) in [5.41, 5.74) is -0.544. The molecule has 0 radical (unpaired) electrons. The number of hydrogen-bond donors (Lipinski definition) is 1. The van der Waals surface area contributed by atoms with Crippen LogP contribution in [0.15, 0.2) is 0 Å². The van der Waals surface area contributed by atoms with E-state index in [1.807, 2.05) is 0 Å². The van der Waals surface area contributed by atoms with E-state index in [-0.39, 0.29) is 12.1 Å². The zero-order valence-electron chi connectivity index (χ0n) is 11.4. The Morgan fingerprint density at radius 2 is 2.29 bits per heavy atom. The Morgan fingerprint density at radius 1 is 1.59 bits per heavy atom. The fourth-order valence-corrected chi connectivity index (χ4v) is 2.22. The highest BCUT2D eigenvalue weighted by molar-refractivity contribution is 5.81. The predicted molar refractivity (Wildman–Crippen MR) is 66.9 cm³/mol. The van der Waals surface area contributed by atoms with Crippen molar-refractivity contribution in [2.75, 3.05) is 20.3 Å². The van der Waals surface area contributed by atoms with Gasteiger partial charge in [-0.15, -0.1) is 0 Å². The summed E-state index contributed by atoms with van der Waals surface area (Å²) in [5, 5.41) is 3.40. The third-order valence-electron chi connectivity index (χ3n) is 3.34. The topological polar surface area (TPSA) is 47.6 Å². The Morgan fingerprint density at radius 3 is 2.82 bits per heavy atom. The maximum atomic E-state index is 12.0. The molecule has 0 aliphatic carbocycles. The van der Waals surface area contributed by atoms with Crippen LogP contribution in [0.2, 0.25) is 0 Å². The number of carbonyl (C=O) groups is 1. The van der Waals surface area contributed by atoms with E-state index in [1.165, 1.54) is 7.11 Å². The zero-order chi connectivity index (χ0) is 12.9. The number of carbonyl (C=O) groups excluding carboxylic acids is 1. The smallest absolute Gasteiger partial charge is 0.326 e. The second kappa shape index (κ2) is 6.36. The van der Waals surface area contributed by atoms with Crippen LogP contribution >= 0.6 is 0 Å². The Labute approximate surface area is 104 Å². The van der Waals surface area contributed by atoms with Gasteiger partial charge in [-0.25, -0.2) is 0 Å². The molecule has 2 unspecified atom stereocenters. The predicted octanol–water partition coefficient (Wildman–Crippen LogP) is 1.73. The lowest BCUT2D eigenvalue weighted by Crippen LogP contribution is -2.58. The Bertz CT molecular complexity index is 255. The summed E-state index contributed by atoms with van der Waals surface area (Å²) in [6.07, 6.45) is 2.50. The van der Waals surface area contributed by atoms with Gasteiger partial charge in [-0.05, 0) is 25.3 Å². The van der Waals surface area contributed by atoms with E-state index in [1.54, 1.807) is 0 Å². The molecule has 0 amide bonds. The summed E-state index contributed by atoms with van der Waals surface area (Å²) in [6.45, 7) is 7.80. The van der Waals surface area contributed by atoms with Crippen molar-refractivity contribution in [1.29, 1.82) is 0 Å². The van der Waals surface area contributed by atoms with Crippen LogP contribution in [-0.2, 0) is 14.3 Å². The first-order valence-electron chi connectivity index (χ1n) is 6.49. The lowest BCUT2D eigenvalue weighted by atomic mass is 9.85. The molecule has 0 aromatic heterocycles. The Balaban J connectivity index is 2.74. The molecule has 4 nitrogen and oxygen atoms in total. The molecule has 4 heteroatoms. The fourth-order valence-electron chi connectivity index (χ4n) is 2.22. The van der Waals surface area contributed by atoms with Gasteiger partial charge in [0.15, 0.2) is 0 Å². The van der Waals surface area contributed by atoms with Crippen molar-refractivity contribution in [1.82, 2.24) is 5.32 Å². The number of hydrogen-bond acceptors (Lipinski definition) is 4. The van der Waals surface area contributed by atoms with Crippen LogP contribution in [0, 0.1) is 5.92 Å². The summed E-state index contributed by atoms with van der Waals surface area (Å²) in [7, 11) is 1.46. The molecular formula is C13H25NO3. The lowest BCUT2D eigenvalue weighted by molar-refractivity contribution is -0.156. The first kappa shape index (κ1) is 14.5. The van der Waals surface area contributed by atoms with Crippen molar-refractivity contribution in [2.24, 2.45) is 5.92 Å². The molecule has 100 valence electrons. The molecule has 1 aliphatic rings. The summed E-state index contributed by atoms with van der Waals surface area (Å²) >= 11 is 0. The standard InChI is InChI=1S/C13H25NO3/c1-5-11-8-13(6-7-17-11,12(15)16-4)14-9-10(2)3/h10-11,14H,5-9H2,1-4H3. The maximum absolute atomic E-state index is 12.0. The molecule has 17 heavy (non-hydrogen) atoms. The first-order valence-corrected chi connectivity index (χ1v) is 6.49. The number of rotatable bonds is 5. The van der Waals surface area contributed by atoms with Gasteiger partial charge in [0, 0.05) is 13.0 Å². The zero-order valence-corrected chi connectivity index (χ0v) is 11.4. The van der Waals surface area contributed by atoms with Gasteiger partial charge in [0.1, 0.15) is 5.54 Å². The second-order valence-corrected chi connectivity index (χ2v) is 5.20. The minimum atomic E-state index is -0.544. The summed E-state index contributed by atoms with van der Waals surface area (Å²) in [4.78, 5) is 12.0. The minimum Gasteiger partial charge on any atom is -0.468 e. The monoisotopic (exact) mass is 243 g/mol. The highest BCUT2D eigenvalue weighted by Crippen LogP contribution is 2.28. The molecule has 0 bridgehead atoms. The third-order valence-corrected chi connectivity index (χ3v) is 3.34. The molecule has 0 spiro atoms. The van der Waals surface area contributed by atoms with Crippen LogP contribution in [0.3, 0.4) is 0 Å². The normalized spacial score (nSPS) is 29.4. The molecule has 1 saturated heterocycles. The van der Waals surface area contributed by atoms with E-state index in [0.717, 1.165) is 13.0 Å². The number of nitrogens with one attached hydrogen (secondary N) is 1. The molecular weight excluding hydrogens is 218 g/mol. The quantitative estimate of drug-likeness (QED) is 0.747. The molecule has 1 fully saturated rings. The summed E-state index contributed by atoms with van der Waals surface area (Å²) in [5.74, 6) is 0.361. The van der Waals surface area contributed by atoms with Crippen molar-refractivity contribution in [3.63, 3.8) is 0 Å². The molecule has 2 atom stereocenters. The largest absolute Gasteiger partial charge is 0.468 e. The van der Waals surface area contributed by atoms with Crippen LogP contribution in [0.5, 0.6) is 0 Å². The lowest BCUT2D eigenvalue weighted by Gasteiger charge is -2.39. The third kappa shape index (κ3) is 3.68. The number of ether oxygens (including phenoxy) is 2. The van der Waals surface area contributed by atoms with Crippen LogP contribution in [0.1, 0.15) is 40.0 Å². The molecule has 1 rings (SSSR count). The Kier molecular flexibility index (Phi) is 5.40. The Hall–Kier alpha value is -0.610. The van der Waals surface area contributed by atoms with Crippen molar-refractivity contribution in [3.05, 3.63) is 0 Å². The first-order chi connectivity index (χ1) is 8.04. The molecule has 1 aliphatic heterocycles. The fraction of sp³-hybridized carbons (Fsp3) is 0.923. The van der Waals surface area contributed by atoms with E-state index in [9.17, 15) is 4.79 Å². The van der Waals surface area contributed by atoms with E-state index in [2.05, 4.69) is 26.1 Å². The van der Waals surface area contributed by atoms with Crippen molar-refractivity contribution in [3.8, 4) is 0 Å². The van der Waals surface area contributed by atoms with Gasteiger partial charge in [-0.1, -0.05) is 20.8 Å². The molecule has 0 saturated carbocycles. The molecule has 1 N–H and O–H groups in total. The minimum absolute atomic E-state index is 0.153. The SMILES string of the molecule is CCC1CC(NCC(C)C)(C(=O)OC)CCO1.